The van der Waals surface area contributed by atoms with E-state index in [-0.39, 0.29) is 5.97 Å². The van der Waals surface area contributed by atoms with Crippen molar-refractivity contribution in [2.75, 3.05) is 14.2 Å². The van der Waals surface area contributed by atoms with Crippen LogP contribution in [-0.4, -0.2) is 32.4 Å². The van der Waals surface area contributed by atoms with Gasteiger partial charge in [0.25, 0.3) is 0 Å². The quantitative estimate of drug-likeness (QED) is 0.201. The van der Waals surface area contributed by atoms with Crippen LogP contribution in [0.2, 0.25) is 0 Å². The Morgan fingerprint density at radius 3 is 1.46 bits per heavy atom. The second-order valence-electron chi connectivity index (χ2n) is 5.01. The fraction of sp³-hybridized carbons (Fsp3) is 0.167. The monoisotopic (exact) mass is 704 g/mol. The van der Waals surface area contributed by atoms with Gasteiger partial charge in [-0.2, -0.15) is 0 Å². The van der Waals surface area contributed by atoms with Crippen molar-refractivity contribution in [1.29, 1.82) is 0 Å². The van der Waals surface area contributed by atoms with Crippen molar-refractivity contribution in [1.82, 2.24) is 0 Å². The standard InChI is InChI=1S/C9H7Br3O2.C9H6Br2O3/c1-14-9(13)5-2-7(11)6(4-10)8(12)3-5;1-14-9(13)5-2-7(10)6(4-12)8(11)3-5/h2-3H,4H2,1H3;2-4H,1H3. The van der Waals surface area contributed by atoms with Gasteiger partial charge in [0.1, 0.15) is 0 Å². The number of carbonyl (C=O) groups excluding carboxylic acids is 3. The number of carbonyl (C=O) groups is 3. The molecule has 0 spiro atoms. The molecular weight excluding hydrogens is 696 g/mol. The lowest BCUT2D eigenvalue weighted by molar-refractivity contribution is 0.0591. The fourth-order valence-corrected chi connectivity index (χ4v) is 6.10. The molecule has 0 amide bonds. The number of benzene rings is 2. The summed E-state index contributed by atoms with van der Waals surface area (Å²) in [5.74, 6) is -0.781. The Morgan fingerprint density at radius 2 is 1.18 bits per heavy atom. The highest BCUT2D eigenvalue weighted by molar-refractivity contribution is 9.11. The third-order valence-corrected chi connectivity index (χ3v) is 6.60. The first-order valence-corrected chi connectivity index (χ1v) is 11.6. The first-order valence-electron chi connectivity index (χ1n) is 7.34. The predicted octanol–water partition coefficient (Wildman–Crippen LogP) is 6.70. The molecule has 0 aliphatic carbocycles. The average Bonchev–Trinajstić information content (AvgIpc) is 2.66. The van der Waals surface area contributed by atoms with E-state index in [0.29, 0.717) is 31.9 Å². The first kappa shape index (κ1) is 25.5. The van der Waals surface area contributed by atoms with Gasteiger partial charge in [0, 0.05) is 28.8 Å². The normalized spacial score (nSPS) is 9.82. The lowest BCUT2D eigenvalue weighted by Gasteiger charge is -2.06. The van der Waals surface area contributed by atoms with Gasteiger partial charge in [0.05, 0.1) is 25.3 Å². The smallest absolute Gasteiger partial charge is 0.337 e. The van der Waals surface area contributed by atoms with Crippen LogP contribution >= 0.6 is 79.6 Å². The van der Waals surface area contributed by atoms with Crippen molar-refractivity contribution in [2.45, 2.75) is 5.33 Å². The third kappa shape index (κ3) is 6.76. The van der Waals surface area contributed by atoms with Crippen LogP contribution in [-0.2, 0) is 14.8 Å². The number of methoxy groups -OCH3 is 2. The van der Waals surface area contributed by atoms with E-state index in [2.05, 4.69) is 89.1 Å². The summed E-state index contributed by atoms with van der Waals surface area (Å²) in [7, 11) is 2.67. The number of alkyl halides is 1. The molecule has 5 nitrogen and oxygen atoms in total. The van der Waals surface area contributed by atoms with Crippen LogP contribution in [0.4, 0.5) is 0 Å². The number of esters is 2. The molecule has 10 heteroatoms. The SMILES string of the molecule is COC(=O)c1cc(Br)c(C=O)c(Br)c1.COC(=O)c1cc(Br)c(CBr)c(Br)c1. The van der Waals surface area contributed by atoms with Gasteiger partial charge in [-0.3, -0.25) is 4.79 Å². The molecule has 2 aromatic carbocycles. The van der Waals surface area contributed by atoms with Crippen molar-refractivity contribution in [3.05, 3.63) is 64.4 Å². The first-order chi connectivity index (χ1) is 13.2. The van der Waals surface area contributed by atoms with Gasteiger partial charge in [-0.15, -0.1) is 0 Å². The lowest BCUT2D eigenvalue weighted by Crippen LogP contribution is -2.02. The van der Waals surface area contributed by atoms with Gasteiger partial charge in [0.15, 0.2) is 6.29 Å². The lowest BCUT2D eigenvalue weighted by atomic mass is 10.1. The molecule has 0 fully saturated rings. The number of hydrogen-bond acceptors (Lipinski definition) is 5. The van der Waals surface area contributed by atoms with Crippen LogP contribution in [0.1, 0.15) is 36.6 Å². The van der Waals surface area contributed by atoms with Crippen LogP contribution in [0.25, 0.3) is 0 Å². The van der Waals surface area contributed by atoms with Crippen LogP contribution in [0.3, 0.4) is 0 Å². The molecule has 0 atom stereocenters. The Balaban J connectivity index is 0.000000280. The van der Waals surface area contributed by atoms with Crippen molar-refractivity contribution in [2.24, 2.45) is 0 Å². The van der Waals surface area contributed by atoms with E-state index < -0.39 is 5.97 Å². The van der Waals surface area contributed by atoms with Gasteiger partial charge in [-0.25, -0.2) is 9.59 Å². The summed E-state index contributed by atoms with van der Waals surface area (Å²) in [6.45, 7) is 0. The highest BCUT2D eigenvalue weighted by Crippen LogP contribution is 2.29. The summed E-state index contributed by atoms with van der Waals surface area (Å²) < 4.78 is 12.1. The van der Waals surface area contributed by atoms with Crippen molar-refractivity contribution < 1.29 is 23.9 Å². The van der Waals surface area contributed by atoms with E-state index >= 15 is 0 Å². The molecule has 0 unspecified atom stereocenters. The largest absolute Gasteiger partial charge is 0.465 e. The number of ether oxygens (including phenoxy) is 2. The zero-order chi connectivity index (χ0) is 21.4. The van der Waals surface area contributed by atoms with Crippen molar-refractivity contribution in [3.8, 4) is 0 Å². The Bertz CT molecular complexity index is 852. The predicted molar refractivity (Wildman–Crippen MR) is 124 cm³/mol. The van der Waals surface area contributed by atoms with Crippen LogP contribution in [0.5, 0.6) is 0 Å². The zero-order valence-electron chi connectivity index (χ0n) is 14.5. The van der Waals surface area contributed by atoms with E-state index in [1.807, 2.05) is 0 Å². The summed E-state index contributed by atoms with van der Waals surface area (Å²) in [5.41, 5.74) is 2.45. The molecule has 0 aliphatic heterocycles. The van der Waals surface area contributed by atoms with Crippen LogP contribution < -0.4 is 0 Å². The Hall–Kier alpha value is -0.550. The fourth-order valence-electron chi connectivity index (χ4n) is 1.90. The molecule has 0 aliphatic rings. The summed E-state index contributed by atoms with van der Waals surface area (Å²) in [6, 6.07) is 6.57. The molecule has 0 saturated carbocycles. The van der Waals surface area contributed by atoms with Gasteiger partial charge in [-0.05, 0) is 61.7 Å². The van der Waals surface area contributed by atoms with Gasteiger partial charge < -0.3 is 9.47 Å². The maximum absolute atomic E-state index is 11.2. The summed E-state index contributed by atoms with van der Waals surface area (Å²) in [6.07, 6.45) is 0.704. The molecule has 0 heterocycles. The van der Waals surface area contributed by atoms with E-state index in [1.165, 1.54) is 14.2 Å². The van der Waals surface area contributed by atoms with E-state index in [9.17, 15) is 14.4 Å². The number of rotatable bonds is 4. The van der Waals surface area contributed by atoms with Crippen LogP contribution in [0.15, 0.2) is 42.2 Å². The van der Waals surface area contributed by atoms with Gasteiger partial charge in [-0.1, -0.05) is 47.8 Å². The minimum atomic E-state index is -0.441. The molecule has 0 N–H and O–H groups in total. The maximum Gasteiger partial charge on any atom is 0.337 e. The molecule has 0 radical (unpaired) electrons. The highest BCUT2D eigenvalue weighted by Gasteiger charge is 2.12. The molecule has 2 aromatic rings. The Labute approximate surface area is 204 Å². The average molecular weight is 709 g/mol. The molecule has 2 rings (SSSR count). The minimum absolute atomic E-state index is 0.340. The summed E-state index contributed by atoms with van der Waals surface area (Å²) in [5, 5.41) is 0.718. The summed E-state index contributed by atoms with van der Waals surface area (Å²) >= 11 is 16.5. The summed E-state index contributed by atoms with van der Waals surface area (Å²) in [4.78, 5) is 33.0. The van der Waals surface area contributed by atoms with Crippen molar-refractivity contribution in [3.63, 3.8) is 0 Å². The maximum atomic E-state index is 11.2. The number of halogens is 5. The van der Waals surface area contributed by atoms with E-state index in [0.717, 1.165) is 19.8 Å². The minimum Gasteiger partial charge on any atom is -0.465 e. The second kappa shape index (κ2) is 12.2. The molecular formula is C18H13Br5O5. The zero-order valence-corrected chi connectivity index (χ0v) is 22.5. The number of hydrogen-bond donors (Lipinski definition) is 0. The van der Waals surface area contributed by atoms with Gasteiger partial charge in [0.2, 0.25) is 0 Å². The Kier molecular flexibility index (Phi) is 11.1. The van der Waals surface area contributed by atoms with Crippen LogP contribution in [0, 0.1) is 0 Å². The van der Waals surface area contributed by atoms with E-state index in [1.54, 1.807) is 24.3 Å². The van der Waals surface area contributed by atoms with Crippen molar-refractivity contribution >= 4 is 97.9 Å². The Morgan fingerprint density at radius 1 is 0.821 bits per heavy atom. The second-order valence-corrected chi connectivity index (χ2v) is 8.98. The molecule has 0 saturated heterocycles. The molecule has 150 valence electrons. The number of aldehydes is 1. The van der Waals surface area contributed by atoms with Gasteiger partial charge >= 0.3 is 11.9 Å². The molecule has 28 heavy (non-hydrogen) atoms. The molecule has 0 bridgehead atoms. The topological polar surface area (TPSA) is 69.7 Å². The molecule has 0 aromatic heterocycles. The van der Waals surface area contributed by atoms with E-state index in [4.69, 9.17) is 0 Å². The third-order valence-electron chi connectivity index (χ3n) is 3.31. The highest BCUT2D eigenvalue weighted by atomic mass is 79.9.